The van der Waals surface area contributed by atoms with E-state index in [4.69, 9.17) is 4.74 Å². The van der Waals surface area contributed by atoms with Crippen LogP contribution < -0.4 is 4.74 Å². The maximum Gasteiger partial charge on any atom is 0.163 e. The molecule has 0 aliphatic heterocycles. The van der Waals surface area contributed by atoms with E-state index in [2.05, 4.69) is 16.9 Å². The summed E-state index contributed by atoms with van der Waals surface area (Å²) in [6.45, 7) is 4.06. The fourth-order valence-electron chi connectivity index (χ4n) is 3.77. The number of para-hydroxylation sites is 1. The number of ether oxygens (including phenoxy) is 1. The molecular formula is C25H23N3O2. The van der Waals surface area contributed by atoms with Crippen LogP contribution in [0.2, 0.25) is 0 Å². The molecule has 5 heteroatoms. The van der Waals surface area contributed by atoms with Crippen LogP contribution >= 0.6 is 0 Å². The minimum atomic E-state index is -0.238. The van der Waals surface area contributed by atoms with Crippen LogP contribution in [0.15, 0.2) is 91.5 Å². The minimum absolute atomic E-state index is 0.0766. The molecule has 0 fully saturated rings. The summed E-state index contributed by atoms with van der Waals surface area (Å²) in [6, 6.07) is 24.7. The number of nitrogens with zero attached hydrogens (tertiary/aromatic N) is 3. The molecule has 150 valence electrons. The van der Waals surface area contributed by atoms with E-state index in [9.17, 15) is 4.79 Å². The number of Topliss-reactive ketones (excluding diaryl/α,β-unsaturated/α-hetero) is 1. The molecule has 4 aromatic rings. The molecule has 0 amide bonds. The van der Waals surface area contributed by atoms with Gasteiger partial charge < -0.3 is 4.74 Å². The Morgan fingerprint density at radius 2 is 1.73 bits per heavy atom. The van der Waals surface area contributed by atoms with Crippen LogP contribution in [-0.2, 0) is 0 Å². The van der Waals surface area contributed by atoms with Gasteiger partial charge >= 0.3 is 0 Å². The molecule has 1 heterocycles. The fourth-order valence-corrected chi connectivity index (χ4v) is 3.77. The number of fused-ring (bicyclic) bond motifs is 1. The highest BCUT2D eigenvalue weighted by Gasteiger charge is 2.27. The number of carbonyl (C=O) groups is 1. The van der Waals surface area contributed by atoms with Gasteiger partial charge in [0, 0.05) is 17.9 Å². The van der Waals surface area contributed by atoms with Crippen molar-refractivity contribution in [3.63, 3.8) is 0 Å². The second-order valence-electron chi connectivity index (χ2n) is 7.12. The monoisotopic (exact) mass is 397 g/mol. The van der Waals surface area contributed by atoms with E-state index in [1.54, 1.807) is 7.11 Å². The van der Waals surface area contributed by atoms with E-state index >= 15 is 0 Å². The second-order valence-corrected chi connectivity index (χ2v) is 7.12. The van der Waals surface area contributed by atoms with Crippen molar-refractivity contribution in [3.8, 4) is 5.75 Å². The van der Waals surface area contributed by atoms with Gasteiger partial charge in [0.25, 0.3) is 0 Å². The van der Waals surface area contributed by atoms with Crippen LogP contribution in [0, 0.1) is 0 Å². The first-order chi connectivity index (χ1) is 14.7. The summed E-state index contributed by atoms with van der Waals surface area (Å²) in [4.78, 5) is 13.1. The number of hydrogen-bond donors (Lipinski definition) is 0. The average Bonchev–Trinajstić information content (AvgIpc) is 3.23. The smallest absolute Gasteiger partial charge is 0.163 e. The standard InChI is InChI=1S/C25H23N3O2/c1-3-23(28-24-12-8-7-11-22(24)26-27-28)21(18-13-15-20(30-2)16-14-18)17-25(29)19-9-5-4-6-10-19/h3-16,21,23H,1,17H2,2H3. The predicted octanol–water partition coefficient (Wildman–Crippen LogP) is 5.22. The topological polar surface area (TPSA) is 57.0 Å². The van der Waals surface area contributed by atoms with Crippen LogP contribution in [0.25, 0.3) is 11.0 Å². The number of ketones is 1. The lowest BCUT2D eigenvalue weighted by atomic mass is 9.85. The first-order valence-electron chi connectivity index (χ1n) is 9.86. The first kappa shape index (κ1) is 19.6. The van der Waals surface area contributed by atoms with Crippen LogP contribution in [0.3, 0.4) is 0 Å². The minimum Gasteiger partial charge on any atom is -0.497 e. The Labute approximate surface area is 175 Å². The van der Waals surface area contributed by atoms with Gasteiger partial charge in [-0.25, -0.2) is 4.68 Å². The van der Waals surface area contributed by atoms with Gasteiger partial charge in [0.05, 0.1) is 18.7 Å². The molecule has 0 aliphatic carbocycles. The molecule has 0 aliphatic rings. The Bertz CT molecular complexity index is 1150. The van der Waals surface area contributed by atoms with Crippen LogP contribution in [-0.4, -0.2) is 27.9 Å². The first-order valence-corrected chi connectivity index (χ1v) is 9.86. The number of aromatic nitrogens is 3. The van der Waals surface area contributed by atoms with Crippen molar-refractivity contribution in [1.82, 2.24) is 15.0 Å². The number of carbonyl (C=O) groups excluding carboxylic acids is 1. The van der Waals surface area contributed by atoms with Crippen molar-refractivity contribution in [2.75, 3.05) is 7.11 Å². The largest absolute Gasteiger partial charge is 0.497 e. The Balaban J connectivity index is 1.76. The molecule has 0 radical (unpaired) electrons. The summed E-state index contributed by atoms with van der Waals surface area (Å²) < 4.78 is 7.16. The summed E-state index contributed by atoms with van der Waals surface area (Å²) in [5.41, 5.74) is 3.44. The van der Waals surface area contributed by atoms with Gasteiger partial charge in [0.15, 0.2) is 5.78 Å². The lowest BCUT2D eigenvalue weighted by molar-refractivity contribution is 0.0967. The van der Waals surface area contributed by atoms with Crippen molar-refractivity contribution < 1.29 is 9.53 Å². The molecule has 5 nitrogen and oxygen atoms in total. The van der Waals surface area contributed by atoms with Gasteiger partial charge in [-0.3, -0.25) is 4.79 Å². The molecule has 4 rings (SSSR count). The van der Waals surface area contributed by atoms with E-state index in [0.717, 1.165) is 22.3 Å². The van der Waals surface area contributed by atoms with E-state index in [0.29, 0.717) is 12.0 Å². The number of methoxy groups -OCH3 is 1. The van der Waals surface area contributed by atoms with Crippen molar-refractivity contribution in [2.45, 2.75) is 18.4 Å². The summed E-state index contributed by atoms with van der Waals surface area (Å²) in [7, 11) is 1.64. The normalized spacial score (nSPS) is 13.0. The zero-order valence-corrected chi connectivity index (χ0v) is 16.8. The van der Waals surface area contributed by atoms with Crippen LogP contribution in [0.4, 0.5) is 0 Å². The van der Waals surface area contributed by atoms with Crippen LogP contribution in [0.1, 0.15) is 34.3 Å². The van der Waals surface area contributed by atoms with Gasteiger partial charge in [-0.2, -0.15) is 0 Å². The van der Waals surface area contributed by atoms with Gasteiger partial charge in [0.2, 0.25) is 0 Å². The molecule has 0 saturated heterocycles. The predicted molar refractivity (Wildman–Crippen MR) is 118 cm³/mol. The van der Waals surface area contributed by atoms with Crippen molar-refractivity contribution >= 4 is 16.8 Å². The lowest BCUT2D eigenvalue weighted by Crippen LogP contribution is -2.20. The Morgan fingerprint density at radius 1 is 1.03 bits per heavy atom. The number of hydrogen-bond acceptors (Lipinski definition) is 4. The van der Waals surface area contributed by atoms with Gasteiger partial charge in [-0.15, -0.1) is 11.7 Å². The van der Waals surface area contributed by atoms with E-state index in [1.165, 1.54) is 0 Å². The fraction of sp³-hybridized carbons (Fsp3) is 0.160. The zero-order chi connectivity index (χ0) is 20.9. The Kier molecular flexibility index (Phi) is 5.70. The van der Waals surface area contributed by atoms with Gasteiger partial charge in [0.1, 0.15) is 11.3 Å². The quantitative estimate of drug-likeness (QED) is 0.302. The van der Waals surface area contributed by atoms with Gasteiger partial charge in [-0.05, 0) is 29.8 Å². The SMILES string of the molecule is C=CC(C(CC(=O)c1ccccc1)c1ccc(OC)cc1)n1nnc2ccccc21. The van der Waals surface area contributed by atoms with Crippen molar-refractivity contribution in [3.05, 3.63) is 103 Å². The van der Waals surface area contributed by atoms with Crippen molar-refractivity contribution in [1.29, 1.82) is 0 Å². The van der Waals surface area contributed by atoms with Gasteiger partial charge in [-0.1, -0.05) is 65.9 Å². The maximum absolute atomic E-state index is 13.1. The van der Waals surface area contributed by atoms with E-state index in [1.807, 2.05) is 89.6 Å². The summed E-state index contributed by atoms with van der Waals surface area (Å²) in [5, 5.41) is 8.67. The van der Waals surface area contributed by atoms with E-state index < -0.39 is 0 Å². The third kappa shape index (κ3) is 3.87. The third-order valence-electron chi connectivity index (χ3n) is 5.36. The summed E-state index contributed by atoms with van der Waals surface area (Å²) in [5.74, 6) is 0.687. The molecule has 0 bridgehead atoms. The zero-order valence-electron chi connectivity index (χ0n) is 16.8. The molecule has 2 atom stereocenters. The molecule has 0 N–H and O–H groups in total. The average molecular weight is 397 g/mol. The Morgan fingerprint density at radius 3 is 2.43 bits per heavy atom. The third-order valence-corrected chi connectivity index (χ3v) is 5.36. The number of rotatable bonds is 8. The summed E-state index contributed by atoms with van der Waals surface area (Å²) >= 11 is 0. The molecule has 0 saturated carbocycles. The van der Waals surface area contributed by atoms with E-state index in [-0.39, 0.29) is 17.7 Å². The number of allylic oxidation sites excluding steroid dienone is 1. The second kappa shape index (κ2) is 8.74. The van der Waals surface area contributed by atoms with Crippen LogP contribution in [0.5, 0.6) is 5.75 Å². The maximum atomic E-state index is 13.1. The highest BCUT2D eigenvalue weighted by atomic mass is 16.5. The highest BCUT2D eigenvalue weighted by Crippen LogP contribution is 2.36. The highest BCUT2D eigenvalue weighted by molar-refractivity contribution is 5.96. The van der Waals surface area contributed by atoms with Crippen molar-refractivity contribution in [2.24, 2.45) is 0 Å². The molecule has 1 aromatic heterocycles. The molecule has 2 unspecified atom stereocenters. The molecule has 30 heavy (non-hydrogen) atoms. The molecule has 3 aromatic carbocycles. The Hall–Kier alpha value is -3.73. The molecule has 0 spiro atoms. The summed E-state index contributed by atoms with van der Waals surface area (Å²) in [6.07, 6.45) is 2.16. The number of benzene rings is 3. The molecular weight excluding hydrogens is 374 g/mol. The lowest BCUT2D eigenvalue weighted by Gasteiger charge is -2.25.